The van der Waals surface area contributed by atoms with Crippen molar-refractivity contribution in [3.05, 3.63) is 65.7 Å². The molecule has 5 rings (SSSR count). The molecule has 0 atom stereocenters. The molecule has 2 aliphatic rings. The largest absolute Gasteiger partial charge is 0.435 e. The number of carbonyl (C=O) groups excluding carboxylic acids is 2. The fourth-order valence-corrected chi connectivity index (χ4v) is 4.47. The minimum atomic E-state index is -0.380. The first-order valence-electron chi connectivity index (χ1n) is 10.4. The van der Waals surface area contributed by atoms with Crippen LogP contribution in [0.5, 0.6) is 0 Å². The van der Waals surface area contributed by atoms with Gasteiger partial charge in [-0.3, -0.25) is 19.5 Å². The number of aromatic nitrogens is 1. The number of benzene rings is 1. The van der Waals surface area contributed by atoms with Crippen LogP contribution in [0.25, 0.3) is 0 Å². The quantitative estimate of drug-likeness (QED) is 0.578. The average molecular weight is 450 g/mol. The number of pyridine rings is 1. The number of nitrogens with zero attached hydrogens (tertiary/aromatic N) is 3. The van der Waals surface area contributed by atoms with Crippen molar-refractivity contribution in [3.63, 3.8) is 0 Å². The predicted molar refractivity (Wildman–Crippen MR) is 125 cm³/mol. The van der Waals surface area contributed by atoms with E-state index in [4.69, 9.17) is 4.42 Å². The number of fused-ring (bicyclic) bond motifs is 1. The normalized spacial score (nSPS) is 15.7. The maximum atomic E-state index is 12.9. The molecule has 1 fully saturated rings. The number of piperazine rings is 1. The van der Waals surface area contributed by atoms with E-state index in [9.17, 15) is 9.59 Å². The van der Waals surface area contributed by atoms with Gasteiger partial charge in [0.25, 0.3) is 11.8 Å². The summed E-state index contributed by atoms with van der Waals surface area (Å²) in [6.45, 7) is 3.92. The first-order valence-corrected chi connectivity index (χ1v) is 11.7. The molecule has 0 unspecified atom stereocenters. The molecule has 32 heavy (non-hydrogen) atoms. The molecule has 2 amide bonds. The number of carbonyl (C=O) groups is 2. The van der Waals surface area contributed by atoms with Gasteiger partial charge in [-0.2, -0.15) is 0 Å². The second-order valence-corrected chi connectivity index (χ2v) is 8.52. The smallest absolute Gasteiger partial charge is 0.291 e. The van der Waals surface area contributed by atoms with Gasteiger partial charge in [0.1, 0.15) is 0 Å². The number of hydrogen-bond acceptors (Lipinski definition) is 7. The molecular formula is C23H23N5O3S. The van der Waals surface area contributed by atoms with Gasteiger partial charge in [0.05, 0.1) is 24.1 Å². The van der Waals surface area contributed by atoms with Gasteiger partial charge >= 0.3 is 0 Å². The molecule has 0 saturated carbocycles. The zero-order valence-electron chi connectivity index (χ0n) is 17.6. The third-order valence-corrected chi connectivity index (χ3v) is 6.43. The van der Waals surface area contributed by atoms with Gasteiger partial charge in [0.15, 0.2) is 5.76 Å². The highest BCUT2D eigenvalue weighted by atomic mass is 32.2. The van der Waals surface area contributed by atoms with Crippen molar-refractivity contribution in [1.82, 2.24) is 10.3 Å². The van der Waals surface area contributed by atoms with Crippen LogP contribution in [-0.2, 0) is 6.54 Å². The number of hydrogen-bond donors (Lipinski definition) is 2. The Bertz CT molecular complexity index is 1170. The molecule has 0 aliphatic carbocycles. The lowest BCUT2D eigenvalue weighted by atomic mass is 10.1. The van der Waals surface area contributed by atoms with Crippen LogP contribution in [0.4, 0.5) is 17.3 Å². The number of anilines is 3. The lowest BCUT2D eigenvalue weighted by molar-refractivity contribution is 0.0975. The Kier molecular flexibility index (Phi) is 5.59. The van der Waals surface area contributed by atoms with Crippen LogP contribution in [0.3, 0.4) is 0 Å². The third kappa shape index (κ3) is 3.85. The second kappa shape index (κ2) is 8.68. The van der Waals surface area contributed by atoms with Gasteiger partial charge in [-0.05, 0) is 36.1 Å². The summed E-state index contributed by atoms with van der Waals surface area (Å²) in [5.41, 5.74) is 3.18. The molecule has 164 valence electrons. The van der Waals surface area contributed by atoms with Crippen molar-refractivity contribution < 1.29 is 14.0 Å². The van der Waals surface area contributed by atoms with E-state index in [-0.39, 0.29) is 17.6 Å². The summed E-state index contributed by atoms with van der Waals surface area (Å²) in [6.07, 6.45) is 5.34. The van der Waals surface area contributed by atoms with E-state index in [1.165, 1.54) is 0 Å². The Balaban J connectivity index is 1.33. The molecule has 0 spiro atoms. The number of thioether (sulfide) groups is 1. The van der Waals surface area contributed by atoms with Crippen LogP contribution >= 0.6 is 11.8 Å². The van der Waals surface area contributed by atoms with Crippen LogP contribution in [0.2, 0.25) is 0 Å². The Hall–Kier alpha value is -3.30. The summed E-state index contributed by atoms with van der Waals surface area (Å²) >= 11 is 1.59. The van der Waals surface area contributed by atoms with Gasteiger partial charge in [-0.1, -0.05) is 6.07 Å². The zero-order chi connectivity index (χ0) is 22.1. The molecule has 8 nitrogen and oxygen atoms in total. The number of rotatable bonds is 5. The molecule has 0 bridgehead atoms. The van der Waals surface area contributed by atoms with Crippen molar-refractivity contribution >= 4 is 40.8 Å². The highest BCUT2D eigenvalue weighted by molar-refractivity contribution is 7.98. The van der Waals surface area contributed by atoms with Crippen molar-refractivity contribution in [2.75, 3.05) is 47.6 Å². The Morgan fingerprint density at radius 2 is 2.03 bits per heavy atom. The lowest BCUT2D eigenvalue weighted by Crippen LogP contribution is -2.43. The number of furan rings is 1. The molecule has 1 saturated heterocycles. The summed E-state index contributed by atoms with van der Waals surface area (Å²) in [5, 5.41) is 6.23. The van der Waals surface area contributed by atoms with Crippen LogP contribution in [0.1, 0.15) is 26.5 Å². The van der Waals surface area contributed by atoms with E-state index >= 15 is 0 Å². The minimum Gasteiger partial charge on any atom is -0.435 e. The molecular weight excluding hydrogens is 426 g/mol. The van der Waals surface area contributed by atoms with E-state index < -0.39 is 0 Å². The first kappa shape index (κ1) is 20.6. The van der Waals surface area contributed by atoms with Gasteiger partial charge < -0.3 is 20.0 Å². The SMILES string of the molecule is CSc1ccc2c(c1)C(=O)N(c1ccc(C(=O)Nc3cnccc3N3CCNCC3)o1)C2. The van der Waals surface area contributed by atoms with E-state index in [1.807, 2.05) is 30.5 Å². The maximum Gasteiger partial charge on any atom is 0.291 e. The predicted octanol–water partition coefficient (Wildman–Crippen LogP) is 3.22. The lowest BCUT2D eigenvalue weighted by Gasteiger charge is -2.30. The standard InChI is InChI=1S/C23H23N5O3S/c1-32-16-3-2-15-14-28(23(30)17(15)12-16)21-5-4-20(31-21)22(29)26-18-13-25-7-6-19(18)27-10-8-24-9-11-27/h2-7,12-13,24H,8-11,14H2,1H3,(H,26,29). The van der Waals surface area contributed by atoms with E-state index in [0.29, 0.717) is 23.7 Å². The maximum absolute atomic E-state index is 12.9. The summed E-state index contributed by atoms with van der Waals surface area (Å²) in [6, 6.07) is 11.0. The van der Waals surface area contributed by atoms with Crippen molar-refractivity contribution in [3.8, 4) is 0 Å². The molecule has 2 N–H and O–H groups in total. The molecule has 1 aromatic carbocycles. The second-order valence-electron chi connectivity index (χ2n) is 7.64. The monoisotopic (exact) mass is 449 g/mol. The molecule has 9 heteroatoms. The van der Waals surface area contributed by atoms with Crippen molar-refractivity contribution in [2.45, 2.75) is 11.4 Å². The minimum absolute atomic E-state index is 0.120. The Morgan fingerprint density at radius 1 is 1.19 bits per heavy atom. The van der Waals surface area contributed by atoms with E-state index in [2.05, 4.69) is 20.5 Å². The number of nitrogens with one attached hydrogen (secondary N) is 2. The molecule has 4 heterocycles. The summed E-state index contributed by atoms with van der Waals surface area (Å²) in [4.78, 5) is 34.8. The third-order valence-electron chi connectivity index (χ3n) is 5.71. The van der Waals surface area contributed by atoms with E-state index in [1.54, 1.807) is 41.2 Å². The highest BCUT2D eigenvalue weighted by Gasteiger charge is 2.31. The van der Waals surface area contributed by atoms with E-state index in [0.717, 1.165) is 42.3 Å². The topological polar surface area (TPSA) is 90.7 Å². The highest BCUT2D eigenvalue weighted by Crippen LogP contribution is 2.32. The van der Waals surface area contributed by atoms with Crippen molar-refractivity contribution in [2.24, 2.45) is 0 Å². The van der Waals surface area contributed by atoms with Crippen LogP contribution < -0.4 is 20.4 Å². The molecule has 3 aromatic rings. The first-order chi connectivity index (χ1) is 15.6. The molecule has 2 aromatic heterocycles. The summed E-state index contributed by atoms with van der Waals surface area (Å²) < 4.78 is 5.79. The number of amides is 2. The fourth-order valence-electron chi connectivity index (χ4n) is 4.03. The Morgan fingerprint density at radius 3 is 2.84 bits per heavy atom. The van der Waals surface area contributed by atoms with Gasteiger partial charge in [0.2, 0.25) is 5.88 Å². The fraction of sp³-hybridized carbons (Fsp3) is 0.261. The van der Waals surface area contributed by atoms with Gasteiger partial charge in [0, 0.05) is 48.9 Å². The van der Waals surface area contributed by atoms with Crippen LogP contribution in [-0.4, -0.2) is 49.2 Å². The Labute approximate surface area is 190 Å². The van der Waals surface area contributed by atoms with Crippen LogP contribution in [0, 0.1) is 0 Å². The van der Waals surface area contributed by atoms with Gasteiger partial charge in [-0.25, -0.2) is 0 Å². The zero-order valence-corrected chi connectivity index (χ0v) is 18.4. The average Bonchev–Trinajstić information content (AvgIpc) is 3.45. The van der Waals surface area contributed by atoms with Crippen LogP contribution in [0.15, 0.2) is 58.1 Å². The van der Waals surface area contributed by atoms with Crippen molar-refractivity contribution in [1.29, 1.82) is 0 Å². The molecule has 2 aliphatic heterocycles. The summed E-state index contributed by atoms with van der Waals surface area (Å²) in [7, 11) is 0. The van der Waals surface area contributed by atoms with Gasteiger partial charge in [-0.15, -0.1) is 11.8 Å². The summed E-state index contributed by atoms with van der Waals surface area (Å²) in [5.74, 6) is -0.000773. The molecule has 0 radical (unpaired) electrons.